The molecule has 2 rings (SSSR count). The van der Waals surface area contributed by atoms with Crippen LogP contribution in [0.4, 0.5) is 0 Å². The van der Waals surface area contributed by atoms with E-state index in [9.17, 15) is 4.79 Å². The van der Waals surface area contributed by atoms with Crippen LogP contribution in [0.3, 0.4) is 0 Å². The second-order valence-corrected chi connectivity index (χ2v) is 4.81. The summed E-state index contributed by atoms with van der Waals surface area (Å²) in [5.41, 5.74) is 0.968. The zero-order valence-electron chi connectivity index (χ0n) is 12.7. The second kappa shape index (κ2) is 6.54. The van der Waals surface area contributed by atoms with Crippen molar-refractivity contribution >= 4 is 11.9 Å². The Bertz CT molecular complexity index is 905. The van der Waals surface area contributed by atoms with E-state index in [4.69, 9.17) is 15.9 Å². The summed E-state index contributed by atoms with van der Waals surface area (Å²) in [7, 11) is 1.75. The molecular formula is C16H14N6O. The van der Waals surface area contributed by atoms with Crippen molar-refractivity contribution in [3.63, 3.8) is 0 Å². The summed E-state index contributed by atoms with van der Waals surface area (Å²) in [5, 5.41) is 25.0. The van der Waals surface area contributed by atoms with Crippen molar-refractivity contribution in [3.05, 3.63) is 51.9 Å². The Morgan fingerprint density at radius 2 is 2.00 bits per heavy atom. The van der Waals surface area contributed by atoms with Crippen LogP contribution in [-0.2, 0) is 7.05 Å². The van der Waals surface area contributed by atoms with Crippen LogP contribution < -0.4 is 5.56 Å². The highest BCUT2D eigenvalue weighted by molar-refractivity contribution is 6.03. The van der Waals surface area contributed by atoms with Crippen LogP contribution in [-0.4, -0.2) is 27.3 Å². The molecule has 2 aromatic rings. The molecule has 23 heavy (non-hydrogen) atoms. The molecule has 0 spiro atoms. The van der Waals surface area contributed by atoms with E-state index in [2.05, 4.69) is 4.99 Å². The number of nitriles is 2. The molecule has 0 aliphatic heterocycles. The molecule has 0 fully saturated rings. The summed E-state index contributed by atoms with van der Waals surface area (Å²) in [6.07, 6.45) is 1.26. The lowest BCUT2D eigenvalue weighted by Crippen LogP contribution is -2.21. The van der Waals surface area contributed by atoms with Crippen LogP contribution in [0, 0.1) is 35.0 Å². The van der Waals surface area contributed by atoms with Crippen LogP contribution >= 0.6 is 0 Å². The fraction of sp³-hybridized carbons (Fsp3) is 0.188. The van der Waals surface area contributed by atoms with Crippen LogP contribution in [0.2, 0.25) is 0 Å². The van der Waals surface area contributed by atoms with Gasteiger partial charge >= 0.3 is 0 Å². The summed E-state index contributed by atoms with van der Waals surface area (Å²) in [4.78, 5) is 16.5. The van der Waals surface area contributed by atoms with Crippen molar-refractivity contribution in [1.29, 1.82) is 15.9 Å². The highest BCUT2D eigenvalue weighted by Crippen LogP contribution is 2.09. The van der Waals surface area contributed by atoms with E-state index in [1.54, 1.807) is 30.8 Å². The number of nitrogens with one attached hydrogen (secondary N) is 1. The smallest absolute Gasteiger partial charge is 0.280 e. The van der Waals surface area contributed by atoms with Crippen LogP contribution in [0.1, 0.15) is 11.3 Å². The number of para-hydroxylation sites is 1. The number of aliphatic imine (C=N–C) groups is 1. The summed E-state index contributed by atoms with van der Waals surface area (Å²) in [6.45, 7) is 1.76. The average molecular weight is 306 g/mol. The van der Waals surface area contributed by atoms with E-state index in [1.165, 1.54) is 10.9 Å². The van der Waals surface area contributed by atoms with Gasteiger partial charge in [-0.2, -0.15) is 10.5 Å². The lowest BCUT2D eigenvalue weighted by Gasteiger charge is -2.07. The van der Waals surface area contributed by atoms with Gasteiger partial charge in [0.15, 0.2) is 6.04 Å². The molecule has 0 aliphatic carbocycles. The van der Waals surface area contributed by atoms with Gasteiger partial charge in [0.1, 0.15) is 11.8 Å². The third kappa shape index (κ3) is 2.94. The maximum Gasteiger partial charge on any atom is 0.280 e. The lowest BCUT2D eigenvalue weighted by molar-refractivity contribution is 0.630. The molecule has 0 unspecified atom stereocenters. The predicted molar refractivity (Wildman–Crippen MR) is 86.1 cm³/mol. The van der Waals surface area contributed by atoms with Crippen molar-refractivity contribution in [3.8, 4) is 17.8 Å². The molecule has 7 heteroatoms. The van der Waals surface area contributed by atoms with E-state index >= 15 is 0 Å². The Labute approximate surface area is 132 Å². The van der Waals surface area contributed by atoms with Crippen LogP contribution in [0.15, 0.2) is 40.1 Å². The monoisotopic (exact) mass is 306 g/mol. The first-order valence-electron chi connectivity index (χ1n) is 6.76. The van der Waals surface area contributed by atoms with Crippen LogP contribution in [0.25, 0.3) is 5.69 Å². The Morgan fingerprint density at radius 1 is 1.35 bits per heavy atom. The van der Waals surface area contributed by atoms with Crippen molar-refractivity contribution < 1.29 is 0 Å². The molecule has 0 saturated heterocycles. The summed E-state index contributed by atoms with van der Waals surface area (Å²) >= 11 is 0. The van der Waals surface area contributed by atoms with E-state index < -0.39 is 11.8 Å². The highest BCUT2D eigenvalue weighted by atomic mass is 16.1. The zero-order chi connectivity index (χ0) is 17.0. The molecule has 0 aliphatic rings. The second-order valence-electron chi connectivity index (χ2n) is 4.81. The Kier molecular flexibility index (Phi) is 4.53. The molecule has 1 heterocycles. The molecule has 1 aromatic carbocycles. The molecule has 1 atom stereocenters. The third-order valence-corrected chi connectivity index (χ3v) is 3.47. The first-order valence-corrected chi connectivity index (χ1v) is 6.76. The van der Waals surface area contributed by atoms with Gasteiger partial charge in [-0.3, -0.25) is 19.9 Å². The Balaban J connectivity index is 2.51. The van der Waals surface area contributed by atoms with Crippen molar-refractivity contribution in [2.24, 2.45) is 12.0 Å². The van der Waals surface area contributed by atoms with Gasteiger partial charge in [0.25, 0.3) is 5.56 Å². The van der Waals surface area contributed by atoms with E-state index in [-0.39, 0.29) is 5.56 Å². The maximum absolute atomic E-state index is 12.6. The zero-order valence-corrected chi connectivity index (χ0v) is 12.7. The number of hydrogen-bond donors (Lipinski definition) is 1. The quantitative estimate of drug-likeness (QED) is 0.860. The van der Waals surface area contributed by atoms with Crippen molar-refractivity contribution in [1.82, 2.24) is 9.36 Å². The minimum atomic E-state index is -1.20. The van der Waals surface area contributed by atoms with Gasteiger partial charge in [-0.15, -0.1) is 0 Å². The Morgan fingerprint density at radius 3 is 2.57 bits per heavy atom. The van der Waals surface area contributed by atoms with Crippen molar-refractivity contribution in [2.45, 2.75) is 13.0 Å². The Hall–Kier alpha value is -3.45. The van der Waals surface area contributed by atoms with Gasteiger partial charge in [-0.05, 0) is 19.1 Å². The molecule has 114 valence electrons. The number of aromatic nitrogens is 2. The first kappa shape index (κ1) is 15.9. The predicted octanol–water partition coefficient (Wildman–Crippen LogP) is 1.34. The van der Waals surface area contributed by atoms with Gasteiger partial charge in [0.2, 0.25) is 0 Å². The lowest BCUT2D eigenvalue weighted by atomic mass is 10.2. The SMILES string of the molecule is Cc1c(C=N[C@H](C#N)C(=N)C#N)c(=O)n(-c2ccccc2)n1C. The molecule has 1 aromatic heterocycles. The first-order chi connectivity index (χ1) is 11.0. The molecule has 1 N–H and O–H groups in total. The molecule has 0 amide bonds. The summed E-state index contributed by atoms with van der Waals surface area (Å²) in [5.74, 6) is 0. The molecule has 0 bridgehead atoms. The fourth-order valence-corrected chi connectivity index (χ4v) is 2.12. The van der Waals surface area contributed by atoms with Gasteiger partial charge in [0.05, 0.1) is 17.3 Å². The van der Waals surface area contributed by atoms with Crippen LogP contribution in [0.5, 0.6) is 0 Å². The molecule has 0 radical (unpaired) electrons. The van der Waals surface area contributed by atoms with Gasteiger partial charge in [-0.25, -0.2) is 4.68 Å². The normalized spacial score (nSPS) is 11.8. The number of hydrogen-bond acceptors (Lipinski definition) is 5. The number of nitrogens with zero attached hydrogens (tertiary/aromatic N) is 5. The van der Waals surface area contributed by atoms with Gasteiger partial charge in [-0.1, -0.05) is 18.2 Å². The van der Waals surface area contributed by atoms with Crippen molar-refractivity contribution in [2.75, 3.05) is 0 Å². The maximum atomic E-state index is 12.6. The minimum Gasteiger partial charge on any atom is -0.291 e. The van der Waals surface area contributed by atoms with Gasteiger partial charge in [0, 0.05) is 19.0 Å². The summed E-state index contributed by atoms with van der Waals surface area (Å²) in [6, 6.07) is 11.3. The molecule has 7 nitrogen and oxygen atoms in total. The van der Waals surface area contributed by atoms with E-state index in [0.29, 0.717) is 16.9 Å². The average Bonchev–Trinajstić information content (AvgIpc) is 2.78. The number of benzene rings is 1. The summed E-state index contributed by atoms with van der Waals surface area (Å²) < 4.78 is 3.18. The van der Waals surface area contributed by atoms with E-state index in [0.717, 1.165) is 0 Å². The molecule has 0 saturated carbocycles. The molecular weight excluding hydrogens is 292 g/mol. The largest absolute Gasteiger partial charge is 0.291 e. The minimum absolute atomic E-state index is 0.278. The topological polar surface area (TPSA) is 111 Å². The highest BCUT2D eigenvalue weighted by Gasteiger charge is 2.16. The number of rotatable bonds is 4. The third-order valence-electron chi connectivity index (χ3n) is 3.47. The fourth-order valence-electron chi connectivity index (χ4n) is 2.12. The van der Waals surface area contributed by atoms with E-state index in [1.807, 2.05) is 30.3 Å². The van der Waals surface area contributed by atoms with Gasteiger partial charge < -0.3 is 0 Å². The standard InChI is InChI=1S/C16H14N6O/c1-11-13(10-20-15(9-18)14(19)8-17)16(23)22(21(11)2)12-6-4-3-5-7-12/h3-7,10,15,19H,1-2H3/t15-/m1/s1.